The van der Waals surface area contributed by atoms with E-state index >= 15 is 0 Å². The first kappa shape index (κ1) is 16.3. The van der Waals surface area contributed by atoms with Gasteiger partial charge >= 0.3 is 0 Å². The summed E-state index contributed by atoms with van der Waals surface area (Å²) < 4.78 is 0. The van der Waals surface area contributed by atoms with E-state index < -0.39 is 0 Å². The van der Waals surface area contributed by atoms with Crippen molar-refractivity contribution in [3.05, 3.63) is 29.8 Å². The highest BCUT2D eigenvalue weighted by atomic mass is 32.2. The van der Waals surface area contributed by atoms with E-state index in [2.05, 4.69) is 62.4 Å². The molecular formula is C15H26N2OS. The fraction of sp³-hybridized carbons (Fsp3) is 0.600. The molecule has 0 saturated carbocycles. The Morgan fingerprint density at radius 1 is 1.26 bits per heavy atom. The number of nitrogens with one attached hydrogen (secondary N) is 1. The van der Waals surface area contributed by atoms with E-state index in [0.29, 0.717) is 0 Å². The zero-order valence-corrected chi connectivity index (χ0v) is 13.4. The molecule has 2 N–H and O–H groups in total. The maximum Gasteiger partial charge on any atom is 0.0564 e. The summed E-state index contributed by atoms with van der Waals surface area (Å²) in [4.78, 5) is 2.14. The van der Waals surface area contributed by atoms with Gasteiger partial charge in [-0.25, -0.2) is 0 Å². The average Bonchev–Trinajstić information content (AvgIpc) is 2.40. The molecule has 0 aliphatic carbocycles. The normalized spacial score (nSPS) is 15.9. The van der Waals surface area contributed by atoms with Gasteiger partial charge < -0.3 is 15.3 Å². The Bertz CT molecular complexity index is 380. The van der Waals surface area contributed by atoms with Crippen LogP contribution in [0.25, 0.3) is 0 Å². The molecule has 19 heavy (non-hydrogen) atoms. The first-order valence-corrected chi connectivity index (χ1v) is 7.96. The Kier molecular flexibility index (Phi) is 6.69. The van der Waals surface area contributed by atoms with Crippen LogP contribution in [0.2, 0.25) is 0 Å². The predicted molar refractivity (Wildman–Crippen MR) is 86.2 cm³/mol. The molecule has 1 aromatic rings. The van der Waals surface area contributed by atoms with Gasteiger partial charge in [-0.2, -0.15) is 11.8 Å². The Morgan fingerprint density at radius 2 is 1.89 bits per heavy atom. The van der Waals surface area contributed by atoms with Crippen LogP contribution in [-0.4, -0.2) is 43.4 Å². The van der Waals surface area contributed by atoms with Crippen LogP contribution in [0.15, 0.2) is 24.3 Å². The zero-order chi connectivity index (χ0) is 14.4. The molecule has 108 valence electrons. The Labute approximate surface area is 121 Å². The van der Waals surface area contributed by atoms with Gasteiger partial charge in [-0.05, 0) is 31.7 Å². The van der Waals surface area contributed by atoms with Gasteiger partial charge in [-0.15, -0.1) is 0 Å². The average molecular weight is 282 g/mol. The van der Waals surface area contributed by atoms with Crippen LogP contribution in [0.4, 0.5) is 5.69 Å². The second-order valence-corrected chi connectivity index (χ2v) is 6.16. The number of nitrogens with zero attached hydrogens (tertiary/aromatic N) is 1. The minimum atomic E-state index is 0.206. The summed E-state index contributed by atoms with van der Waals surface area (Å²) in [5, 5.41) is 13.2. The van der Waals surface area contributed by atoms with E-state index in [1.807, 2.05) is 6.26 Å². The van der Waals surface area contributed by atoms with E-state index in [-0.39, 0.29) is 23.9 Å². The molecule has 3 nitrogen and oxygen atoms in total. The van der Waals surface area contributed by atoms with Crippen molar-refractivity contribution in [3.8, 4) is 0 Å². The maximum atomic E-state index is 9.35. The first-order chi connectivity index (χ1) is 9.01. The second-order valence-electron chi connectivity index (χ2n) is 5.09. The maximum absolute atomic E-state index is 9.35. The summed E-state index contributed by atoms with van der Waals surface area (Å²) in [6.07, 6.45) is 2.04. The molecule has 3 atom stereocenters. The van der Waals surface area contributed by atoms with Crippen molar-refractivity contribution in [2.75, 3.05) is 31.9 Å². The molecule has 0 aliphatic rings. The zero-order valence-electron chi connectivity index (χ0n) is 12.6. The van der Waals surface area contributed by atoms with Gasteiger partial charge in [0.15, 0.2) is 0 Å². The quantitative estimate of drug-likeness (QED) is 0.805. The van der Waals surface area contributed by atoms with E-state index in [1.54, 1.807) is 11.8 Å². The van der Waals surface area contributed by atoms with Crippen LogP contribution in [0.5, 0.6) is 0 Å². The van der Waals surface area contributed by atoms with E-state index in [9.17, 15) is 5.11 Å². The minimum Gasteiger partial charge on any atom is -0.395 e. The Hall–Kier alpha value is -0.710. The third kappa shape index (κ3) is 4.41. The molecule has 0 radical (unpaired) electrons. The topological polar surface area (TPSA) is 35.5 Å². The van der Waals surface area contributed by atoms with Crippen molar-refractivity contribution in [2.45, 2.75) is 31.2 Å². The first-order valence-electron chi connectivity index (χ1n) is 6.67. The molecule has 1 rings (SSSR count). The van der Waals surface area contributed by atoms with Gasteiger partial charge in [0.2, 0.25) is 0 Å². The number of aliphatic hydroxyl groups is 1. The number of thioether (sulfide) groups is 1. The summed E-state index contributed by atoms with van der Waals surface area (Å²) >= 11 is 1.70. The highest BCUT2D eigenvalue weighted by molar-refractivity contribution is 7.99. The lowest BCUT2D eigenvalue weighted by Gasteiger charge is -2.28. The van der Waals surface area contributed by atoms with Crippen molar-refractivity contribution in [3.63, 3.8) is 0 Å². The number of benzene rings is 1. The lowest BCUT2D eigenvalue weighted by molar-refractivity contribution is 0.272. The molecule has 0 aliphatic heterocycles. The molecule has 0 amide bonds. The summed E-state index contributed by atoms with van der Waals surface area (Å²) in [5.41, 5.74) is 2.52. The number of hydrogen-bond acceptors (Lipinski definition) is 4. The highest BCUT2D eigenvalue weighted by Gasteiger charge is 2.19. The molecule has 0 fully saturated rings. The summed E-state index contributed by atoms with van der Waals surface area (Å²) in [6.45, 7) is 4.51. The van der Waals surface area contributed by atoms with Crippen molar-refractivity contribution in [2.24, 2.45) is 0 Å². The summed E-state index contributed by atoms with van der Waals surface area (Å²) in [6, 6.07) is 8.96. The standard InChI is InChI=1S/C15H26N2OS/c1-11(16-12(2)15(10-18)19-5)13-8-6-7-9-14(13)17(3)4/h6-9,11-12,15-16,18H,10H2,1-5H3. The van der Waals surface area contributed by atoms with Gasteiger partial charge in [0.1, 0.15) is 0 Å². The molecular weight excluding hydrogens is 256 g/mol. The molecule has 4 heteroatoms. The number of para-hydroxylation sites is 1. The van der Waals surface area contributed by atoms with Crippen LogP contribution >= 0.6 is 11.8 Å². The third-order valence-electron chi connectivity index (χ3n) is 3.44. The van der Waals surface area contributed by atoms with E-state index in [4.69, 9.17) is 0 Å². The Morgan fingerprint density at radius 3 is 2.42 bits per heavy atom. The SMILES string of the molecule is CSC(CO)C(C)NC(C)c1ccccc1N(C)C. The second kappa shape index (κ2) is 7.78. The van der Waals surface area contributed by atoms with E-state index in [1.165, 1.54) is 11.3 Å². The van der Waals surface area contributed by atoms with Gasteiger partial charge in [-0.3, -0.25) is 0 Å². The number of rotatable bonds is 7. The summed E-state index contributed by atoms with van der Waals surface area (Å²) in [7, 11) is 4.13. The molecule has 0 bridgehead atoms. The lowest BCUT2D eigenvalue weighted by Crippen LogP contribution is -2.39. The van der Waals surface area contributed by atoms with Crippen molar-refractivity contribution in [1.82, 2.24) is 5.32 Å². The van der Waals surface area contributed by atoms with Crippen LogP contribution in [-0.2, 0) is 0 Å². The van der Waals surface area contributed by atoms with Crippen LogP contribution < -0.4 is 10.2 Å². The van der Waals surface area contributed by atoms with Crippen molar-refractivity contribution < 1.29 is 5.11 Å². The van der Waals surface area contributed by atoms with Gasteiger partial charge in [0, 0.05) is 37.1 Å². The molecule has 0 aromatic heterocycles. The van der Waals surface area contributed by atoms with Crippen molar-refractivity contribution in [1.29, 1.82) is 0 Å². The number of anilines is 1. The minimum absolute atomic E-state index is 0.206. The lowest BCUT2D eigenvalue weighted by atomic mass is 10.0. The molecule has 0 spiro atoms. The smallest absolute Gasteiger partial charge is 0.0564 e. The van der Waals surface area contributed by atoms with E-state index in [0.717, 1.165) is 0 Å². The highest BCUT2D eigenvalue weighted by Crippen LogP contribution is 2.25. The monoisotopic (exact) mass is 282 g/mol. The predicted octanol–water partition coefficient (Wildman–Crippen LogP) is 2.52. The third-order valence-corrected chi connectivity index (χ3v) is 4.60. The van der Waals surface area contributed by atoms with Crippen molar-refractivity contribution >= 4 is 17.4 Å². The van der Waals surface area contributed by atoms with Crippen LogP contribution in [0, 0.1) is 0 Å². The van der Waals surface area contributed by atoms with Gasteiger partial charge in [0.25, 0.3) is 0 Å². The van der Waals surface area contributed by atoms with Gasteiger partial charge in [-0.1, -0.05) is 18.2 Å². The molecule has 0 heterocycles. The molecule has 1 aromatic carbocycles. The molecule has 0 saturated heterocycles. The van der Waals surface area contributed by atoms with Crippen LogP contribution in [0.3, 0.4) is 0 Å². The summed E-state index contributed by atoms with van der Waals surface area (Å²) in [5.74, 6) is 0. The number of hydrogen-bond donors (Lipinski definition) is 2. The largest absolute Gasteiger partial charge is 0.395 e. The fourth-order valence-corrected chi connectivity index (χ4v) is 2.93. The number of aliphatic hydroxyl groups excluding tert-OH is 1. The van der Waals surface area contributed by atoms with Gasteiger partial charge in [0.05, 0.1) is 6.61 Å². The molecule has 3 unspecified atom stereocenters. The van der Waals surface area contributed by atoms with Crippen LogP contribution in [0.1, 0.15) is 25.5 Å². The Balaban J connectivity index is 2.80. The fourth-order valence-electron chi connectivity index (χ4n) is 2.29.